The predicted octanol–water partition coefficient (Wildman–Crippen LogP) is 4.60. The summed E-state index contributed by atoms with van der Waals surface area (Å²) in [5.41, 5.74) is -0.435. The fourth-order valence-corrected chi connectivity index (χ4v) is 3.62. The van der Waals surface area contributed by atoms with Gasteiger partial charge in [0.2, 0.25) is 11.1 Å². The summed E-state index contributed by atoms with van der Waals surface area (Å²) in [6.45, 7) is 1.70. The second-order valence-electron chi connectivity index (χ2n) is 6.31. The SMILES string of the molecule is CC(Sc1n[nH]c(C2CCCC2)n1)C(=O)Nc1ccc(C(F)(F)F)cc1. The van der Waals surface area contributed by atoms with Crippen LogP contribution in [-0.2, 0) is 11.0 Å². The highest BCUT2D eigenvalue weighted by molar-refractivity contribution is 8.00. The minimum atomic E-state index is -4.39. The van der Waals surface area contributed by atoms with E-state index in [1.54, 1.807) is 6.92 Å². The van der Waals surface area contributed by atoms with Gasteiger partial charge in [-0.25, -0.2) is 4.98 Å². The van der Waals surface area contributed by atoms with Crippen molar-refractivity contribution in [3.8, 4) is 0 Å². The third-order valence-corrected chi connectivity index (χ3v) is 5.32. The van der Waals surface area contributed by atoms with Gasteiger partial charge in [0.1, 0.15) is 5.82 Å². The molecule has 0 radical (unpaired) electrons. The first kappa shape index (κ1) is 18.8. The van der Waals surface area contributed by atoms with Crippen LogP contribution in [0.3, 0.4) is 0 Å². The largest absolute Gasteiger partial charge is 0.416 e. The van der Waals surface area contributed by atoms with Crippen LogP contribution in [0.25, 0.3) is 0 Å². The monoisotopic (exact) mass is 384 g/mol. The molecule has 1 aliphatic rings. The molecule has 2 aromatic rings. The van der Waals surface area contributed by atoms with Crippen molar-refractivity contribution in [2.24, 2.45) is 0 Å². The van der Waals surface area contributed by atoms with E-state index in [0.29, 0.717) is 16.8 Å². The summed E-state index contributed by atoms with van der Waals surface area (Å²) < 4.78 is 37.7. The van der Waals surface area contributed by atoms with Gasteiger partial charge >= 0.3 is 6.18 Å². The maximum atomic E-state index is 12.6. The van der Waals surface area contributed by atoms with Gasteiger partial charge in [-0.1, -0.05) is 24.6 Å². The van der Waals surface area contributed by atoms with E-state index in [2.05, 4.69) is 20.5 Å². The highest BCUT2D eigenvalue weighted by atomic mass is 32.2. The van der Waals surface area contributed by atoms with Crippen molar-refractivity contribution in [1.29, 1.82) is 0 Å². The number of nitrogens with one attached hydrogen (secondary N) is 2. The van der Waals surface area contributed by atoms with Gasteiger partial charge in [-0.15, -0.1) is 5.10 Å². The topological polar surface area (TPSA) is 70.7 Å². The Labute approximate surface area is 153 Å². The number of anilines is 1. The zero-order valence-electron chi connectivity index (χ0n) is 14.1. The van der Waals surface area contributed by atoms with Gasteiger partial charge in [0.15, 0.2) is 0 Å². The van der Waals surface area contributed by atoms with E-state index in [-0.39, 0.29) is 5.91 Å². The number of amides is 1. The molecule has 9 heteroatoms. The summed E-state index contributed by atoms with van der Waals surface area (Å²) in [4.78, 5) is 16.7. The van der Waals surface area contributed by atoms with Gasteiger partial charge in [0.05, 0.1) is 10.8 Å². The number of aromatic amines is 1. The van der Waals surface area contributed by atoms with E-state index in [1.165, 1.54) is 36.7 Å². The van der Waals surface area contributed by atoms with Gasteiger partial charge < -0.3 is 5.32 Å². The maximum Gasteiger partial charge on any atom is 0.416 e. The molecule has 1 heterocycles. The molecule has 5 nitrogen and oxygen atoms in total. The smallest absolute Gasteiger partial charge is 0.325 e. The minimum Gasteiger partial charge on any atom is -0.325 e. The van der Waals surface area contributed by atoms with Crippen LogP contribution in [0, 0.1) is 0 Å². The fraction of sp³-hybridized carbons (Fsp3) is 0.471. The van der Waals surface area contributed by atoms with Crippen molar-refractivity contribution in [3.63, 3.8) is 0 Å². The van der Waals surface area contributed by atoms with Crippen LogP contribution in [0.15, 0.2) is 29.4 Å². The Balaban J connectivity index is 1.56. The molecule has 0 bridgehead atoms. The number of H-pyrrole nitrogens is 1. The van der Waals surface area contributed by atoms with Crippen LogP contribution in [-0.4, -0.2) is 26.3 Å². The van der Waals surface area contributed by atoms with Crippen LogP contribution in [0.2, 0.25) is 0 Å². The Morgan fingerprint density at radius 2 is 1.92 bits per heavy atom. The molecular weight excluding hydrogens is 365 g/mol. The quantitative estimate of drug-likeness (QED) is 0.739. The van der Waals surface area contributed by atoms with Crippen molar-refractivity contribution in [2.75, 3.05) is 5.32 Å². The zero-order chi connectivity index (χ0) is 18.7. The first-order valence-corrected chi connectivity index (χ1v) is 9.28. The standard InChI is InChI=1S/C17H19F3N4OS/c1-10(26-16-22-14(23-24-16)11-4-2-3-5-11)15(25)21-13-8-6-12(7-9-13)17(18,19)20/h6-11H,2-5H2,1H3,(H,21,25)(H,22,23,24). The lowest BCUT2D eigenvalue weighted by Gasteiger charge is -2.11. The Hall–Kier alpha value is -2.03. The second kappa shape index (κ2) is 7.69. The van der Waals surface area contributed by atoms with E-state index >= 15 is 0 Å². The summed E-state index contributed by atoms with van der Waals surface area (Å²) in [5.74, 6) is 0.954. The molecule has 1 aromatic carbocycles. The van der Waals surface area contributed by atoms with E-state index < -0.39 is 17.0 Å². The number of benzene rings is 1. The van der Waals surface area contributed by atoms with Crippen LogP contribution in [0.4, 0.5) is 18.9 Å². The molecule has 0 spiro atoms. The van der Waals surface area contributed by atoms with Gasteiger partial charge in [0.25, 0.3) is 0 Å². The Morgan fingerprint density at radius 3 is 2.54 bits per heavy atom. The number of halogens is 3. The van der Waals surface area contributed by atoms with Crippen LogP contribution >= 0.6 is 11.8 Å². The second-order valence-corrected chi connectivity index (χ2v) is 7.62. The summed E-state index contributed by atoms with van der Waals surface area (Å²) in [7, 11) is 0. The van der Waals surface area contributed by atoms with Gasteiger partial charge in [-0.3, -0.25) is 9.89 Å². The molecule has 26 heavy (non-hydrogen) atoms. The molecule has 1 saturated carbocycles. The Kier molecular flexibility index (Phi) is 5.55. The van der Waals surface area contributed by atoms with Crippen LogP contribution < -0.4 is 5.32 Å². The number of hydrogen-bond donors (Lipinski definition) is 2. The van der Waals surface area contributed by atoms with Gasteiger partial charge in [-0.2, -0.15) is 13.2 Å². The molecule has 3 rings (SSSR count). The lowest BCUT2D eigenvalue weighted by atomic mass is 10.1. The molecule has 1 atom stereocenters. The van der Waals surface area contributed by atoms with Crippen molar-refractivity contribution >= 4 is 23.4 Å². The molecule has 1 aromatic heterocycles. The molecule has 0 saturated heterocycles. The number of rotatable bonds is 5. The average molecular weight is 384 g/mol. The molecule has 140 valence electrons. The number of alkyl halides is 3. The third kappa shape index (κ3) is 4.57. The predicted molar refractivity (Wildman–Crippen MR) is 93.0 cm³/mol. The lowest BCUT2D eigenvalue weighted by Crippen LogP contribution is -2.22. The number of thioether (sulfide) groups is 1. The van der Waals surface area contributed by atoms with Gasteiger partial charge in [0, 0.05) is 11.6 Å². The van der Waals surface area contributed by atoms with Crippen LogP contribution in [0.1, 0.15) is 49.9 Å². The summed E-state index contributed by atoms with van der Waals surface area (Å²) in [5, 5.41) is 9.72. The summed E-state index contributed by atoms with van der Waals surface area (Å²) >= 11 is 1.21. The Bertz CT molecular complexity index is 754. The molecule has 0 aliphatic heterocycles. The highest BCUT2D eigenvalue weighted by Crippen LogP contribution is 2.33. The fourth-order valence-electron chi connectivity index (χ4n) is 2.89. The molecule has 1 amide bonds. The zero-order valence-corrected chi connectivity index (χ0v) is 15.0. The summed E-state index contributed by atoms with van der Waals surface area (Å²) in [6.07, 6.45) is 0.195. The normalized spacial score (nSPS) is 16.6. The van der Waals surface area contributed by atoms with Crippen molar-refractivity contribution < 1.29 is 18.0 Å². The first-order valence-electron chi connectivity index (χ1n) is 8.40. The average Bonchev–Trinajstić information content (AvgIpc) is 3.25. The van der Waals surface area contributed by atoms with E-state index in [0.717, 1.165) is 30.8 Å². The summed E-state index contributed by atoms with van der Waals surface area (Å²) in [6, 6.07) is 4.36. The van der Waals surface area contributed by atoms with Crippen molar-refractivity contribution in [2.45, 2.75) is 55.1 Å². The lowest BCUT2D eigenvalue weighted by molar-refractivity contribution is -0.137. The number of aromatic nitrogens is 3. The van der Waals surface area contributed by atoms with Gasteiger partial charge in [-0.05, 0) is 44.0 Å². The number of carbonyl (C=O) groups excluding carboxylic acids is 1. The van der Waals surface area contributed by atoms with E-state index in [9.17, 15) is 18.0 Å². The maximum absolute atomic E-state index is 12.6. The van der Waals surface area contributed by atoms with E-state index in [1.807, 2.05) is 0 Å². The van der Waals surface area contributed by atoms with Crippen molar-refractivity contribution in [3.05, 3.63) is 35.7 Å². The minimum absolute atomic E-state index is 0.317. The molecule has 1 unspecified atom stereocenters. The molecular formula is C17H19F3N4OS. The van der Waals surface area contributed by atoms with Crippen LogP contribution in [0.5, 0.6) is 0 Å². The molecule has 2 N–H and O–H groups in total. The number of hydrogen-bond acceptors (Lipinski definition) is 4. The number of carbonyl (C=O) groups is 1. The van der Waals surface area contributed by atoms with Crippen molar-refractivity contribution in [1.82, 2.24) is 15.2 Å². The Morgan fingerprint density at radius 1 is 1.27 bits per heavy atom. The molecule has 1 aliphatic carbocycles. The number of nitrogens with zero attached hydrogens (tertiary/aromatic N) is 2. The third-order valence-electron chi connectivity index (χ3n) is 4.36. The molecule has 1 fully saturated rings. The highest BCUT2D eigenvalue weighted by Gasteiger charge is 2.30. The van der Waals surface area contributed by atoms with E-state index in [4.69, 9.17) is 0 Å². The first-order chi connectivity index (χ1) is 12.3.